The number of carbonyl (C=O) groups is 2. The van der Waals surface area contributed by atoms with Crippen LogP contribution < -0.4 is 9.47 Å². The van der Waals surface area contributed by atoms with Crippen LogP contribution in [0.1, 0.15) is 35.4 Å². The van der Waals surface area contributed by atoms with E-state index in [0.29, 0.717) is 5.56 Å². The molecule has 2 aromatic carbocycles. The SMILES string of the molecule is CC(=O)OC[C@@H]1O[C@@H](Oc2cc(O)c3c(c2)O[C@@H](c2ccc(O)c(O)c2)CC3=O)[C@@H](O)[C@@H](O)[C@H]1O. The van der Waals surface area contributed by atoms with Gasteiger partial charge in [-0.1, -0.05) is 6.07 Å². The van der Waals surface area contributed by atoms with Crippen molar-refractivity contribution in [3.05, 3.63) is 41.5 Å². The maximum absolute atomic E-state index is 12.7. The maximum Gasteiger partial charge on any atom is 0.302 e. The van der Waals surface area contributed by atoms with E-state index in [9.17, 15) is 40.2 Å². The van der Waals surface area contributed by atoms with Crippen LogP contribution >= 0.6 is 0 Å². The Morgan fingerprint density at radius 3 is 2.43 bits per heavy atom. The van der Waals surface area contributed by atoms with Crippen molar-refractivity contribution in [2.24, 2.45) is 0 Å². The molecule has 0 saturated carbocycles. The van der Waals surface area contributed by atoms with E-state index in [1.54, 1.807) is 0 Å². The van der Waals surface area contributed by atoms with E-state index < -0.39 is 66.7 Å². The predicted molar refractivity (Wildman–Crippen MR) is 114 cm³/mol. The average molecular weight is 492 g/mol. The van der Waals surface area contributed by atoms with E-state index in [0.717, 1.165) is 13.0 Å². The highest BCUT2D eigenvalue weighted by atomic mass is 16.7. The number of benzene rings is 2. The highest BCUT2D eigenvalue weighted by Crippen LogP contribution is 2.43. The lowest BCUT2D eigenvalue weighted by molar-refractivity contribution is -0.278. The summed E-state index contributed by atoms with van der Waals surface area (Å²) >= 11 is 0. The quantitative estimate of drug-likeness (QED) is 0.247. The molecule has 35 heavy (non-hydrogen) atoms. The lowest BCUT2D eigenvalue weighted by Crippen LogP contribution is -2.60. The van der Waals surface area contributed by atoms with Crippen molar-refractivity contribution in [1.82, 2.24) is 0 Å². The van der Waals surface area contributed by atoms with Crippen LogP contribution in [0.15, 0.2) is 30.3 Å². The molecule has 0 aromatic heterocycles. The van der Waals surface area contributed by atoms with Crippen molar-refractivity contribution in [1.29, 1.82) is 0 Å². The number of ketones is 1. The van der Waals surface area contributed by atoms with Gasteiger partial charge in [-0.15, -0.1) is 0 Å². The summed E-state index contributed by atoms with van der Waals surface area (Å²) in [6.07, 6.45) is -8.68. The summed E-state index contributed by atoms with van der Waals surface area (Å²) in [5.41, 5.74) is 0.312. The van der Waals surface area contributed by atoms with Crippen molar-refractivity contribution < 1.29 is 59.2 Å². The van der Waals surface area contributed by atoms with E-state index in [1.165, 1.54) is 24.3 Å². The number of aliphatic hydroxyl groups excluding tert-OH is 3. The van der Waals surface area contributed by atoms with Gasteiger partial charge in [0.25, 0.3) is 0 Å². The summed E-state index contributed by atoms with van der Waals surface area (Å²) < 4.78 is 21.7. The van der Waals surface area contributed by atoms with E-state index in [4.69, 9.17) is 18.9 Å². The molecular weight excluding hydrogens is 468 g/mol. The first kappa shape index (κ1) is 24.5. The Morgan fingerprint density at radius 1 is 1.00 bits per heavy atom. The molecule has 0 amide bonds. The molecule has 4 rings (SSSR count). The van der Waals surface area contributed by atoms with Gasteiger partial charge in [0.2, 0.25) is 6.29 Å². The van der Waals surface area contributed by atoms with Crippen LogP contribution in [0.5, 0.6) is 28.7 Å². The molecule has 0 radical (unpaired) electrons. The van der Waals surface area contributed by atoms with Gasteiger partial charge >= 0.3 is 5.97 Å². The molecule has 2 aliphatic rings. The number of hydrogen-bond donors (Lipinski definition) is 6. The molecule has 12 heteroatoms. The molecule has 0 bridgehead atoms. The monoisotopic (exact) mass is 492 g/mol. The zero-order valence-corrected chi connectivity index (χ0v) is 18.4. The molecule has 0 spiro atoms. The molecule has 6 N–H and O–H groups in total. The first-order chi connectivity index (χ1) is 16.5. The lowest BCUT2D eigenvalue weighted by atomic mass is 9.95. The third kappa shape index (κ3) is 4.95. The third-order valence-electron chi connectivity index (χ3n) is 5.72. The Hall–Kier alpha value is -3.58. The number of esters is 1. The average Bonchev–Trinajstić information content (AvgIpc) is 2.79. The molecule has 12 nitrogen and oxygen atoms in total. The molecule has 0 aliphatic carbocycles. The number of carbonyl (C=O) groups excluding carboxylic acids is 2. The first-order valence-electron chi connectivity index (χ1n) is 10.6. The second-order valence-electron chi connectivity index (χ2n) is 8.23. The van der Waals surface area contributed by atoms with Gasteiger partial charge in [-0.3, -0.25) is 9.59 Å². The second-order valence-corrected chi connectivity index (χ2v) is 8.23. The van der Waals surface area contributed by atoms with Gasteiger partial charge in [0.05, 0.1) is 6.42 Å². The smallest absolute Gasteiger partial charge is 0.302 e. The summed E-state index contributed by atoms with van der Waals surface area (Å²) in [6.45, 7) is 0.743. The number of ether oxygens (including phenoxy) is 4. The van der Waals surface area contributed by atoms with Crippen molar-refractivity contribution in [2.75, 3.05) is 6.61 Å². The van der Waals surface area contributed by atoms with Crippen molar-refractivity contribution >= 4 is 11.8 Å². The molecule has 0 unspecified atom stereocenters. The number of rotatable bonds is 5. The normalized spacial score (nSPS) is 28.1. The fraction of sp³-hybridized carbons (Fsp3) is 0.391. The van der Waals surface area contributed by atoms with Crippen LogP contribution in [0.2, 0.25) is 0 Å². The standard InChI is InChI=1S/C23H24O12/c1-9(24)32-8-18-20(29)21(30)22(31)23(35-18)33-11-5-14(27)19-15(28)7-16(34-17(19)6-11)10-2-3-12(25)13(26)4-10/h2-6,16,18,20-23,25-27,29-31H,7-8H2,1H3/t16-,18+,20+,21+,22+,23-/m1/s1. The number of hydrogen-bond acceptors (Lipinski definition) is 12. The number of phenols is 3. The summed E-state index contributed by atoms with van der Waals surface area (Å²) in [4.78, 5) is 23.8. The minimum absolute atomic E-state index is 0.0452. The van der Waals surface area contributed by atoms with Crippen LogP contribution in [-0.2, 0) is 14.3 Å². The fourth-order valence-corrected chi connectivity index (χ4v) is 3.89. The van der Waals surface area contributed by atoms with E-state index in [-0.39, 0.29) is 29.2 Å². The van der Waals surface area contributed by atoms with Gasteiger partial charge in [0, 0.05) is 19.1 Å². The third-order valence-corrected chi connectivity index (χ3v) is 5.72. The molecule has 188 valence electrons. The van der Waals surface area contributed by atoms with Crippen LogP contribution in [0.4, 0.5) is 0 Å². The Morgan fingerprint density at radius 2 is 1.74 bits per heavy atom. The van der Waals surface area contributed by atoms with Crippen LogP contribution in [0.3, 0.4) is 0 Å². The van der Waals surface area contributed by atoms with Crippen LogP contribution in [0, 0.1) is 0 Å². The van der Waals surface area contributed by atoms with E-state index in [1.807, 2.05) is 0 Å². The molecular formula is C23H24O12. The topological polar surface area (TPSA) is 192 Å². The molecule has 6 atom stereocenters. The van der Waals surface area contributed by atoms with Crippen molar-refractivity contribution in [2.45, 2.75) is 50.2 Å². The maximum atomic E-state index is 12.7. The van der Waals surface area contributed by atoms with Crippen LogP contribution in [0.25, 0.3) is 0 Å². The number of phenolic OH excluding ortho intramolecular Hbond substituents is 3. The van der Waals surface area contributed by atoms with Gasteiger partial charge < -0.3 is 49.6 Å². The number of aromatic hydroxyl groups is 3. The molecule has 2 heterocycles. The van der Waals surface area contributed by atoms with Crippen molar-refractivity contribution in [3.8, 4) is 28.7 Å². The second kappa shape index (κ2) is 9.58. The zero-order valence-electron chi connectivity index (χ0n) is 18.4. The molecule has 1 fully saturated rings. The highest BCUT2D eigenvalue weighted by molar-refractivity contribution is 6.02. The van der Waals surface area contributed by atoms with Crippen LogP contribution in [-0.4, -0.2) is 79.7 Å². The number of aliphatic hydroxyl groups is 3. The van der Waals surface area contributed by atoms with Crippen molar-refractivity contribution in [3.63, 3.8) is 0 Å². The lowest BCUT2D eigenvalue weighted by Gasteiger charge is -2.40. The zero-order chi connectivity index (χ0) is 25.4. The minimum Gasteiger partial charge on any atom is -0.507 e. The minimum atomic E-state index is -1.70. The van der Waals surface area contributed by atoms with Gasteiger partial charge in [-0.25, -0.2) is 0 Å². The Labute approximate surface area is 198 Å². The molecule has 2 aromatic rings. The summed E-state index contributed by atoms with van der Waals surface area (Å²) in [5.74, 6) is -2.42. The molecule has 2 aliphatic heterocycles. The summed E-state index contributed by atoms with van der Waals surface area (Å²) in [6, 6.07) is 6.34. The van der Waals surface area contributed by atoms with Gasteiger partial charge in [0.1, 0.15) is 59.9 Å². The number of Topliss-reactive ketones (excluding diaryl/α,β-unsaturated/α-hetero) is 1. The Kier molecular flexibility index (Phi) is 6.72. The van der Waals surface area contributed by atoms with E-state index >= 15 is 0 Å². The highest BCUT2D eigenvalue weighted by Gasteiger charge is 2.45. The van der Waals surface area contributed by atoms with E-state index in [2.05, 4.69) is 0 Å². The Bertz CT molecular complexity index is 1130. The Balaban J connectivity index is 1.57. The number of fused-ring (bicyclic) bond motifs is 1. The van der Waals surface area contributed by atoms with Gasteiger partial charge in [-0.05, 0) is 17.7 Å². The summed E-state index contributed by atoms with van der Waals surface area (Å²) in [5, 5.41) is 60.3. The largest absolute Gasteiger partial charge is 0.507 e. The van der Waals surface area contributed by atoms with Gasteiger partial charge in [0.15, 0.2) is 17.3 Å². The first-order valence-corrected chi connectivity index (χ1v) is 10.6. The summed E-state index contributed by atoms with van der Waals surface area (Å²) in [7, 11) is 0. The fourth-order valence-electron chi connectivity index (χ4n) is 3.89. The molecule has 1 saturated heterocycles. The van der Waals surface area contributed by atoms with Gasteiger partial charge in [-0.2, -0.15) is 0 Å². The predicted octanol–water partition coefficient (Wildman–Crippen LogP) is 0.259.